The first-order valence-corrected chi connectivity index (χ1v) is 8.33. The number of amidine groups is 1. The lowest BCUT2D eigenvalue weighted by Crippen LogP contribution is -2.45. The first-order chi connectivity index (χ1) is 9.26. The third-order valence-electron chi connectivity index (χ3n) is 4.68. The number of nitrogens with zero attached hydrogens (tertiary/aromatic N) is 1. The average Bonchev–Trinajstić information content (AvgIpc) is 3.06. The third-order valence-corrected chi connectivity index (χ3v) is 5.88. The predicted molar refractivity (Wildman–Crippen MR) is 78.9 cm³/mol. The predicted octanol–water partition coefficient (Wildman–Crippen LogP) is 2.19. The van der Waals surface area contributed by atoms with Gasteiger partial charge in [-0.05, 0) is 12.8 Å². The molecular formula is C14H24N2O2S. The van der Waals surface area contributed by atoms with Crippen LogP contribution in [-0.2, 0) is 9.47 Å². The van der Waals surface area contributed by atoms with Crippen molar-refractivity contribution in [2.45, 2.75) is 49.7 Å². The molecule has 1 unspecified atom stereocenters. The molecule has 3 fully saturated rings. The lowest BCUT2D eigenvalue weighted by atomic mass is 9.83. The van der Waals surface area contributed by atoms with Crippen molar-refractivity contribution in [3.8, 4) is 0 Å². The second-order valence-corrected chi connectivity index (χ2v) is 7.03. The molecule has 108 valence electrons. The first-order valence-electron chi connectivity index (χ1n) is 7.34. The molecule has 1 N–H and O–H groups in total. The van der Waals surface area contributed by atoms with Crippen molar-refractivity contribution in [2.75, 3.05) is 32.6 Å². The van der Waals surface area contributed by atoms with Gasteiger partial charge in [0.25, 0.3) is 0 Å². The summed E-state index contributed by atoms with van der Waals surface area (Å²) in [7, 11) is 1.77. The fourth-order valence-electron chi connectivity index (χ4n) is 3.24. The van der Waals surface area contributed by atoms with Crippen LogP contribution in [0.5, 0.6) is 0 Å². The number of thioether (sulfide) groups is 1. The zero-order valence-corrected chi connectivity index (χ0v) is 12.6. The molecule has 1 spiro atoms. The van der Waals surface area contributed by atoms with Crippen molar-refractivity contribution >= 4 is 16.9 Å². The van der Waals surface area contributed by atoms with Gasteiger partial charge in [-0.2, -0.15) is 0 Å². The molecule has 19 heavy (non-hydrogen) atoms. The van der Waals surface area contributed by atoms with Crippen LogP contribution in [0.2, 0.25) is 0 Å². The number of hydrogen-bond donors (Lipinski definition) is 1. The molecule has 5 heteroatoms. The third kappa shape index (κ3) is 2.93. The maximum absolute atomic E-state index is 5.63. The Hall–Kier alpha value is -0.260. The Labute approximate surface area is 119 Å². The number of ether oxygens (including phenoxy) is 2. The monoisotopic (exact) mass is 284 g/mol. The van der Waals surface area contributed by atoms with Gasteiger partial charge in [-0.15, -0.1) is 0 Å². The maximum Gasteiger partial charge on any atom is 0.157 e. The minimum atomic E-state index is -0.183. The maximum atomic E-state index is 5.63. The van der Waals surface area contributed by atoms with Crippen LogP contribution in [0.1, 0.15) is 38.5 Å². The molecule has 2 heterocycles. The van der Waals surface area contributed by atoms with Crippen molar-refractivity contribution in [2.24, 2.45) is 4.99 Å². The van der Waals surface area contributed by atoms with Gasteiger partial charge in [0, 0.05) is 31.4 Å². The molecule has 0 aromatic carbocycles. The van der Waals surface area contributed by atoms with Gasteiger partial charge in [0.15, 0.2) is 5.17 Å². The molecular weight excluding hydrogens is 260 g/mol. The topological polar surface area (TPSA) is 42.8 Å². The van der Waals surface area contributed by atoms with E-state index in [0.29, 0.717) is 12.1 Å². The molecule has 0 aromatic rings. The summed E-state index contributed by atoms with van der Waals surface area (Å²) in [6.45, 7) is 2.19. The van der Waals surface area contributed by atoms with Crippen LogP contribution in [0.15, 0.2) is 4.99 Å². The second kappa shape index (κ2) is 5.62. The van der Waals surface area contributed by atoms with Crippen LogP contribution in [0.4, 0.5) is 0 Å². The van der Waals surface area contributed by atoms with E-state index < -0.39 is 0 Å². The van der Waals surface area contributed by atoms with Gasteiger partial charge < -0.3 is 14.8 Å². The van der Waals surface area contributed by atoms with Crippen molar-refractivity contribution in [1.29, 1.82) is 0 Å². The molecule has 4 nitrogen and oxygen atoms in total. The minimum Gasteiger partial charge on any atom is -0.378 e. The Bertz CT molecular complexity index is 347. The van der Waals surface area contributed by atoms with Crippen LogP contribution in [-0.4, -0.2) is 48.9 Å². The summed E-state index contributed by atoms with van der Waals surface area (Å²) in [5.74, 6) is 1.18. The Morgan fingerprint density at radius 2 is 2.16 bits per heavy atom. The minimum absolute atomic E-state index is 0.183. The summed E-state index contributed by atoms with van der Waals surface area (Å²) < 4.78 is 11.1. The van der Waals surface area contributed by atoms with Crippen LogP contribution in [0.3, 0.4) is 0 Å². The van der Waals surface area contributed by atoms with E-state index in [9.17, 15) is 0 Å². The molecule has 1 atom stereocenters. The van der Waals surface area contributed by atoms with Crippen molar-refractivity contribution < 1.29 is 9.47 Å². The highest BCUT2D eigenvalue weighted by Gasteiger charge is 2.39. The van der Waals surface area contributed by atoms with E-state index >= 15 is 0 Å². The molecule has 0 aromatic heterocycles. The first kappa shape index (κ1) is 13.7. The summed E-state index contributed by atoms with van der Waals surface area (Å²) in [6.07, 6.45) is 7.67. The summed E-state index contributed by atoms with van der Waals surface area (Å²) in [5.41, 5.74) is 0.158. The number of nitrogens with one attached hydrogen (secondary N) is 1. The van der Waals surface area contributed by atoms with Crippen LogP contribution >= 0.6 is 11.8 Å². The van der Waals surface area contributed by atoms with E-state index in [1.165, 1.54) is 37.9 Å². The van der Waals surface area contributed by atoms with Gasteiger partial charge >= 0.3 is 0 Å². The Morgan fingerprint density at radius 1 is 1.32 bits per heavy atom. The van der Waals surface area contributed by atoms with Gasteiger partial charge in [0.2, 0.25) is 0 Å². The highest BCUT2D eigenvalue weighted by molar-refractivity contribution is 8.14. The van der Waals surface area contributed by atoms with Crippen LogP contribution < -0.4 is 5.32 Å². The Kier molecular flexibility index (Phi) is 4.06. The van der Waals surface area contributed by atoms with E-state index in [1.807, 2.05) is 11.8 Å². The van der Waals surface area contributed by atoms with Gasteiger partial charge in [-0.25, -0.2) is 0 Å². The highest BCUT2D eigenvalue weighted by atomic mass is 32.2. The SMILES string of the molecule is COC1(CN=C2NC3(CCCCC3)CS2)CCOC1. The second-order valence-electron chi connectivity index (χ2n) is 6.07. The zero-order valence-electron chi connectivity index (χ0n) is 11.7. The van der Waals surface area contributed by atoms with Gasteiger partial charge in [0.05, 0.1) is 13.2 Å². The normalized spacial score (nSPS) is 35.9. The number of aliphatic imine (C=N–C) groups is 1. The molecule has 1 aliphatic carbocycles. The van der Waals surface area contributed by atoms with Gasteiger partial charge in [-0.1, -0.05) is 31.0 Å². The van der Waals surface area contributed by atoms with E-state index in [4.69, 9.17) is 14.5 Å². The molecule has 0 bridgehead atoms. The van der Waals surface area contributed by atoms with E-state index in [-0.39, 0.29) is 5.60 Å². The molecule has 0 amide bonds. The Balaban J connectivity index is 1.59. The van der Waals surface area contributed by atoms with Crippen molar-refractivity contribution in [3.63, 3.8) is 0 Å². The fourth-order valence-corrected chi connectivity index (χ4v) is 4.46. The van der Waals surface area contributed by atoms with Crippen molar-refractivity contribution in [3.05, 3.63) is 0 Å². The van der Waals surface area contributed by atoms with E-state index in [0.717, 1.165) is 24.7 Å². The van der Waals surface area contributed by atoms with Crippen LogP contribution in [0, 0.1) is 0 Å². The van der Waals surface area contributed by atoms with Crippen molar-refractivity contribution in [1.82, 2.24) is 5.32 Å². The van der Waals surface area contributed by atoms with Crippen LogP contribution in [0.25, 0.3) is 0 Å². The molecule has 2 aliphatic heterocycles. The summed E-state index contributed by atoms with van der Waals surface area (Å²) in [5, 5.41) is 4.80. The van der Waals surface area contributed by atoms with E-state index in [2.05, 4.69) is 5.32 Å². The van der Waals surface area contributed by atoms with Gasteiger partial charge in [0.1, 0.15) is 5.60 Å². The highest BCUT2D eigenvalue weighted by Crippen LogP contribution is 2.36. The Morgan fingerprint density at radius 3 is 2.84 bits per heavy atom. The van der Waals surface area contributed by atoms with E-state index in [1.54, 1.807) is 7.11 Å². The molecule has 0 radical (unpaired) electrons. The molecule has 2 saturated heterocycles. The number of rotatable bonds is 3. The fraction of sp³-hybridized carbons (Fsp3) is 0.929. The summed E-state index contributed by atoms with van der Waals surface area (Å²) >= 11 is 1.88. The number of hydrogen-bond acceptors (Lipinski definition) is 4. The van der Waals surface area contributed by atoms with Gasteiger partial charge in [-0.3, -0.25) is 4.99 Å². The summed E-state index contributed by atoms with van der Waals surface area (Å²) in [4.78, 5) is 4.76. The zero-order chi connectivity index (χ0) is 13.2. The lowest BCUT2D eigenvalue weighted by molar-refractivity contribution is -0.00899. The average molecular weight is 284 g/mol. The standard InChI is InChI=1S/C14H24N2O2S/c1-17-14(7-8-18-10-14)9-15-12-16-13(11-19-12)5-3-2-4-6-13/h2-11H2,1H3,(H,15,16). The quantitative estimate of drug-likeness (QED) is 0.862. The smallest absolute Gasteiger partial charge is 0.157 e. The lowest BCUT2D eigenvalue weighted by Gasteiger charge is -2.32. The molecule has 3 aliphatic rings. The molecule has 1 saturated carbocycles. The largest absolute Gasteiger partial charge is 0.378 e. The number of methoxy groups -OCH3 is 1. The summed E-state index contributed by atoms with van der Waals surface area (Å²) in [6, 6.07) is 0. The molecule has 3 rings (SSSR count).